The number of carbonyl (C=O) groups excluding carboxylic acids is 1. The molecule has 0 unspecified atom stereocenters. The Balaban J connectivity index is 2.61. The van der Waals surface area contributed by atoms with Crippen LogP contribution in [-0.2, 0) is 4.79 Å². The summed E-state index contributed by atoms with van der Waals surface area (Å²) < 4.78 is 39.0. The molecule has 0 aliphatic heterocycles. The Kier molecular flexibility index (Phi) is 6.08. The number of hydrogen-bond acceptors (Lipinski definition) is 2. The number of hydrogen-bond donors (Lipinski definition) is 2. The van der Waals surface area contributed by atoms with Crippen LogP contribution in [0.25, 0.3) is 0 Å². The zero-order valence-corrected chi connectivity index (χ0v) is 13.0. The maximum absolute atomic E-state index is 13.0. The van der Waals surface area contributed by atoms with Crippen LogP contribution < -0.4 is 5.32 Å². The Labute approximate surface area is 124 Å². The van der Waals surface area contributed by atoms with E-state index in [2.05, 4.69) is 5.32 Å². The molecule has 2 N–H and O–H groups in total. The van der Waals surface area contributed by atoms with E-state index in [0.29, 0.717) is 25.7 Å². The SMILES string of the molecule is C[C@H](O)CC(C)(C)CNC(=O)[C@@H]1CCCC[C@H]1C(F)(F)F. The summed E-state index contributed by atoms with van der Waals surface area (Å²) in [5.74, 6) is -3.00. The highest BCUT2D eigenvalue weighted by atomic mass is 19.4. The van der Waals surface area contributed by atoms with Crippen molar-refractivity contribution in [1.82, 2.24) is 5.32 Å². The smallest absolute Gasteiger partial charge is 0.392 e. The summed E-state index contributed by atoms with van der Waals surface area (Å²) in [5, 5.41) is 12.0. The van der Waals surface area contributed by atoms with E-state index in [9.17, 15) is 23.1 Å². The van der Waals surface area contributed by atoms with Gasteiger partial charge in [-0.15, -0.1) is 0 Å². The topological polar surface area (TPSA) is 49.3 Å². The fourth-order valence-corrected chi connectivity index (χ4v) is 3.17. The highest BCUT2D eigenvalue weighted by molar-refractivity contribution is 5.79. The van der Waals surface area contributed by atoms with Crippen molar-refractivity contribution in [2.45, 2.75) is 65.2 Å². The summed E-state index contributed by atoms with van der Waals surface area (Å²) in [4.78, 5) is 12.1. The molecule has 3 nitrogen and oxygen atoms in total. The summed E-state index contributed by atoms with van der Waals surface area (Å²) in [7, 11) is 0. The van der Waals surface area contributed by atoms with Gasteiger partial charge in [-0.05, 0) is 31.6 Å². The number of rotatable bonds is 5. The van der Waals surface area contributed by atoms with Gasteiger partial charge in [0, 0.05) is 12.5 Å². The van der Waals surface area contributed by atoms with E-state index in [4.69, 9.17) is 0 Å². The average Bonchev–Trinajstić information content (AvgIpc) is 2.33. The minimum Gasteiger partial charge on any atom is -0.393 e. The van der Waals surface area contributed by atoms with Gasteiger partial charge in [0.1, 0.15) is 0 Å². The van der Waals surface area contributed by atoms with Gasteiger partial charge in [-0.1, -0.05) is 26.7 Å². The van der Waals surface area contributed by atoms with Crippen LogP contribution in [0.3, 0.4) is 0 Å². The van der Waals surface area contributed by atoms with Crippen LogP contribution in [0.15, 0.2) is 0 Å². The molecule has 124 valence electrons. The standard InChI is InChI=1S/C15H26F3NO2/c1-10(20)8-14(2,3)9-19-13(21)11-6-4-5-7-12(11)15(16,17)18/h10-12,20H,4-9H2,1-3H3,(H,19,21)/t10-,11+,12+/m0/s1. The molecule has 1 rings (SSSR count). The van der Waals surface area contributed by atoms with Crippen molar-refractivity contribution < 1.29 is 23.1 Å². The van der Waals surface area contributed by atoms with Crippen molar-refractivity contribution in [3.63, 3.8) is 0 Å². The molecule has 0 spiro atoms. The minimum absolute atomic E-state index is 0.0403. The number of alkyl halides is 3. The Morgan fingerprint density at radius 2 is 1.86 bits per heavy atom. The van der Waals surface area contributed by atoms with Crippen molar-refractivity contribution in [2.75, 3.05) is 6.54 Å². The normalized spacial score (nSPS) is 25.5. The fraction of sp³-hybridized carbons (Fsp3) is 0.933. The molecule has 0 aromatic rings. The number of amides is 1. The molecule has 21 heavy (non-hydrogen) atoms. The molecule has 1 aliphatic carbocycles. The highest BCUT2D eigenvalue weighted by Crippen LogP contribution is 2.41. The number of carbonyl (C=O) groups is 1. The molecule has 1 saturated carbocycles. The second-order valence-corrected chi connectivity index (χ2v) is 6.97. The van der Waals surface area contributed by atoms with Crippen molar-refractivity contribution in [1.29, 1.82) is 0 Å². The third-order valence-electron chi connectivity index (χ3n) is 4.11. The Morgan fingerprint density at radius 1 is 1.29 bits per heavy atom. The molecule has 0 bridgehead atoms. The molecule has 1 aliphatic rings. The fourth-order valence-electron chi connectivity index (χ4n) is 3.17. The number of halogens is 3. The monoisotopic (exact) mass is 309 g/mol. The molecule has 6 heteroatoms. The second kappa shape index (κ2) is 6.99. The summed E-state index contributed by atoms with van der Waals surface area (Å²) in [6.45, 7) is 5.69. The van der Waals surface area contributed by atoms with E-state index in [1.54, 1.807) is 6.92 Å². The van der Waals surface area contributed by atoms with Crippen molar-refractivity contribution in [3.05, 3.63) is 0 Å². The predicted molar refractivity (Wildman–Crippen MR) is 74.6 cm³/mol. The van der Waals surface area contributed by atoms with Crippen LogP contribution in [0.5, 0.6) is 0 Å². The molecular weight excluding hydrogens is 283 g/mol. The second-order valence-electron chi connectivity index (χ2n) is 6.97. The van der Waals surface area contributed by atoms with Gasteiger partial charge in [-0.2, -0.15) is 13.2 Å². The maximum atomic E-state index is 13.0. The molecule has 0 radical (unpaired) electrons. The van der Waals surface area contributed by atoms with Crippen LogP contribution in [0.1, 0.15) is 52.9 Å². The van der Waals surface area contributed by atoms with Crippen LogP contribution in [0.2, 0.25) is 0 Å². The molecule has 0 saturated heterocycles. The zero-order valence-electron chi connectivity index (χ0n) is 13.0. The van der Waals surface area contributed by atoms with Crippen LogP contribution in [-0.4, -0.2) is 29.8 Å². The van der Waals surface area contributed by atoms with Gasteiger partial charge >= 0.3 is 6.18 Å². The first-order chi connectivity index (χ1) is 9.53. The molecule has 0 aromatic carbocycles. The van der Waals surface area contributed by atoms with Crippen LogP contribution in [0, 0.1) is 17.3 Å². The van der Waals surface area contributed by atoms with Gasteiger partial charge in [0.05, 0.1) is 12.0 Å². The van der Waals surface area contributed by atoms with E-state index in [0.717, 1.165) is 0 Å². The molecule has 0 aromatic heterocycles. The quantitative estimate of drug-likeness (QED) is 0.819. The van der Waals surface area contributed by atoms with Gasteiger partial charge in [-0.25, -0.2) is 0 Å². The van der Waals surface area contributed by atoms with Crippen molar-refractivity contribution >= 4 is 5.91 Å². The molecule has 0 heterocycles. The predicted octanol–water partition coefficient (Wildman–Crippen LogP) is 3.27. The van der Waals surface area contributed by atoms with Gasteiger partial charge < -0.3 is 10.4 Å². The van der Waals surface area contributed by atoms with E-state index in [1.807, 2.05) is 13.8 Å². The molecule has 1 amide bonds. The third kappa shape index (κ3) is 5.85. The third-order valence-corrected chi connectivity index (χ3v) is 4.11. The van der Waals surface area contributed by atoms with Crippen molar-refractivity contribution in [3.8, 4) is 0 Å². The lowest BCUT2D eigenvalue weighted by Gasteiger charge is -2.33. The molecule has 1 fully saturated rings. The first-order valence-corrected chi connectivity index (χ1v) is 7.55. The molecular formula is C15H26F3NO2. The Morgan fingerprint density at radius 3 is 2.38 bits per heavy atom. The maximum Gasteiger partial charge on any atom is 0.392 e. The van der Waals surface area contributed by atoms with Crippen molar-refractivity contribution in [2.24, 2.45) is 17.3 Å². The van der Waals surface area contributed by atoms with Gasteiger partial charge in [0.25, 0.3) is 0 Å². The lowest BCUT2D eigenvalue weighted by Crippen LogP contribution is -2.45. The van der Waals surface area contributed by atoms with Gasteiger partial charge in [0.2, 0.25) is 5.91 Å². The summed E-state index contributed by atoms with van der Waals surface area (Å²) in [6, 6.07) is 0. The highest BCUT2D eigenvalue weighted by Gasteiger charge is 2.48. The lowest BCUT2D eigenvalue weighted by atomic mass is 9.78. The van der Waals surface area contributed by atoms with E-state index < -0.39 is 30.0 Å². The average molecular weight is 309 g/mol. The number of aliphatic hydroxyl groups excluding tert-OH is 1. The lowest BCUT2D eigenvalue weighted by molar-refractivity contribution is -0.198. The van der Waals surface area contributed by atoms with Crippen LogP contribution >= 0.6 is 0 Å². The van der Waals surface area contributed by atoms with Gasteiger partial charge in [0.15, 0.2) is 0 Å². The number of nitrogens with one attached hydrogen (secondary N) is 1. The van der Waals surface area contributed by atoms with Gasteiger partial charge in [-0.3, -0.25) is 4.79 Å². The first-order valence-electron chi connectivity index (χ1n) is 7.55. The number of aliphatic hydroxyl groups is 1. The zero-order chi connectivity index (χ0) is 16.3. The van der Waals surface area contributed by atoms with E-state index in [-0.39, 0.29) is 18.4 Å². The minimum atomic E-state index is -4.31. The van der Waals surface area contributed by atoms with E-state index >= 15 is 0 Å². The Bertz CT molecular complexity index is 353. The largest absolute Gasteiger partial charge is 0.393 e. The van der Waals surface area contributed by atoms with Crippen LogP contribution in [0.4, 0.5) is 13.2 Å². The first kappa shape index (κ1) is 18.3. The molecule has 3 atom stereocenters. The summed E-state index contributed by atoms with van der Waals surface area (Å²) in [6.07, 6.45) is -2.79. The van der Waals surface area contributed by atoms with E-state index in [1.165, 1.54) is 0 Å². The summed E-state index contributed by atoms with van der Waals surface area (Å²) in [5.41, 5.74) is -0.341. The summed E-state index contributed by atoms with van der Waals surface area (Å²) >= 11 is 0. The Hall–Kier alpha value is -0.780.